The Morgan fingerprint density at radius 3 is 2.62 bits per heavy atom. The van der Waals surface area contributed by atoms with Gasteiger partial charge in [0.1, 0.15) is 5.75 Å². The SMILES string of the molecule is CN=C(NCCCCN1CCC(C)CC1)NCc1ccccc1OC.I. The van der Waals surface area contributed by atoms with Gasteiger partial charge >= 0.3 is 0 Å². The van der Waals surface area contributed by atoms with Crippen molar-refractivity contribution in [1.82, 2.24) is 15.5 Å². The van der Waals surface area contributed by atoms with Gasteiger partial charge in [0.05, 0.1) is 7.11 Å². The first-order chi connectivity index (χ1) is 12.2. The number of likely N-dealkylation sites (tertiary alicyclic amines) is 1. The number of nitrogens with zero attached hydrogens (tertiary/aromatic N) is 2. The molecular weight excluding hydrogens is 439 g/mol. The van der Waals surface area contributed by atoms with E-state index in [0.29, 0.717) is 6.54 Å². The zero-order chi connectivity index (χ0) is 17.9. The van der Waals surface area contributed by atoms with Crippen molar-refractivity contribution < 1.29 is 4.74 Å². The van der Waals surface area contributed by atoms with Crippen LogP contribution in [0.4, 0.5) is 0 Å². The lowest BCUT2D eigenvalue weighted by Gasteiger charge is -2.30. The van der Waals surface area contributed by atoms with Gasteiger partial charge in [0.25, 0.3) is 0 Å². The van der Waals surface area contributed by atoms with Crippen molar-refractivity contribution in [2.24, 2.45) is 10.9 Å². The molecule has 2 N–H and O–H groups in total. The second-order valence-electron chi connectivity index (χ2n) is 6.90. The van der Waals surface area contributed by atoms with E-state index in [0.717, 1.165) is 29.7 Å². The van der Waals surface area contributed by atoms with Crippen LogP contribution in [0.5, 0.6) is 5.75 Å². The van der Waals surface area contributed by atoms with Crippen molar-refractivity contribution in [3.8, 4) is 5.75 Å². The maximum atomic E-state index is 5.38. The monoisotopic (exact) mass is 474 g/mol. The summed E-state index contributed by atoms with van der Waals surface area (Å²) < 4.78 is 5.38. The van der Waals surface area contributed by atoms with Gasteiger partial charge in [-0.3, -0.25) is 4.99 Å². The number of hydrogen-bond acceptors (Lipinski definition) is 3. The summed E-state index contributed by atoms with van der Waals surface area (Å²) in [5.74, 6) is 2.66. The number of guanidine groups is 1. The number of para-hydroxylation sites is 1. The first kappa shape index (κ1) is 23.0. The topological polar surface area (TPSA) is 48.9 Å². The van der Waals surface area contributed by atoms with Gasteiger partial charge in [0.2, 0.25) is 0 Å². The molecule has 2 rings (SSSR count). The van der Waals surface area contributed by atoms with Crippen molar-refractivity contribution in [3.63, 3.8) is 0 Å². The minimum atomic E-state index is 0. The van der Waals surface area contributed by atoms with Crippen LogP contribution < -0.4 is 15.4 Å². The van der Waals surface area contributed by atoms with Crippen LogP contribution in [0.2, 0.25) is 0 Å². The van der Waals surface area contributed by atoms with E-state index in [9.17, 15) is 0 Å². The number of benzene rings is 1. The van der Waals surface area contributed by atoms with Gasteiger partial charge in [-0.25, -0.2) is 0 Å². The maximum absolute atomic E-state index is 5.38. The molecule has 1 aliphatic heterocycles. The Morgan fingerprint density at radius 1 is 1.19 bits per heavy atom. The summed E-state index contributed by atoms with van der Waals surface area (Å²) in [6.45, 7) is 7.80. The minimum Gasteiger partial charge on any atom is -0.496 e. The second-order valence-corrected chi connectivity index (χ2v) is 6.90. The fraction of sp³-hybridized carbons (Fsp3) is 0.650. The third kappa shape index (κ3) is 8.12. The first-order valence-corrected chi connectivity index (χ1v) is 9.51. The number of unbranched alkanes of at least 4 members (excludes halogenated alkanes) is 1. The van der Waals surface area contributed by atoms with E-state index in [2.05, 4.69) is 33.5 Å². The summed E-state index contributed by atoms with van der Waals surface area (Å²) in [5.41, 5.74) is 1.13. The molecule has 1 heterocycles. The molecule has 148 valence electrons. The van der Waals surface area contributed by atoms with Crippen LogP contribution in [-0.2, 0) is 6.54 Å². The number of hydrogen-bond donors (Lipinski definition) is 2. The van der Waals surface area contributed by atoms with Crippen LogP contribution in [0.25, 0.3) is 0 Å². The van der Waals surface area contributed by atoms with E-state index in [1.165, 1.54) is 45.3 Å². The van der Waals surface area contributed by atoms with Gasteiger partial charge in [0, 0.05) is 25.7 Å². The molecule has 1 aromatic carbocycles. The van der Waals surface area contributed by atoms with Crippen LogP contribution in [0.1, 0.15) is 38.2 Å². The molecule has 0 atom stereocenters. The third-order valence-corrected chi connectivity index (χ3v) is 4.93. The summed E-state index contributed by atoms with van der Waals surface area (Å²) in [6, 6.07) is 8.06. The Bertz CT molecular complexity index is 530. The van der Waals surface area contributed by atoms with E-state index in [4.69, 9.17) is 4.74 Å². The number of aliphatic imine (C=N–C) groups is 1. The number of nitrogens with one attached hydrogen (secondary N) is 2. The van der Waals surface area contributed by atoms with Gasteiger partial charge in [0.15, 0.2) is 5.96 Å². The zero-order valence-electron chi connectivity index (χ0n) is 16.5. The number of halogens is 1. The minimum absolute atomic E-state index is 0. The molecule has 0 aliphatic carbocycles. The van der Waals surface area contributed by atoms with Crippen LogP contribution in [0.3, 0.4) is 0 Å². The highest BCUT2D eigenvalue weighted by Gasteiger charge is 2.14. The average Bonchev–Trinajstić information content (AvgIpc) is 2.65. The summed E-state index contributed by atoms with van der Waals surface area (Å²) in [6.07, 6.45) is 5.13. The molecule has 0 bridgehead atoms. The summed E-state index contributed by atoms with van der Waals surface area (Å²) in [7, 11) is 3.52. The first-order valence-electron chi connectivity index (χ1n) is 9.51. The summed E-state index contributed by atoms with van der Waals surface area (Å²) in [4.78, 5) is 6.90. The van der Waals surface area contributed by atoms with Crippen molar-refractivity contribution in [3.05, 3.63) is 29.8 Å². The van der Waals surface area contributed by atoms with E-state index < -0.39 is 0 Å². The Kier molecular flexibility index (Phi) is 11.7. The zero-order valence-corrected chi connectivity index (χ0v) is 18.8. The van der Waals surface area contributed by atoms with Gasteiger partial charge in [-0.05, 0) is 57.3 Å². The molecule has 6 heteroatoms. The van der Waals surface area contributed by atoms with Gasteiger partial charge in [-0.2, -0.15) is 0 Å². The second kappa shape index (κ2) is 13.2. The average molecular weight is 474 g/mol. The predicted molar refractivity (Wildman–Crippen MR) is 121 cm³/mol. The van der Waals surface area contributed by atoms with Crippen molar-refractivity contribution in [2.75, 3.05) is 40.3 Å². The smallest absolute Gasteiger partial charge is 0.191 e. The van der Waals surface area contributed by atoms with Crippen LogP contribution in [0, 0.1) is 5.92 Å². The number of piperidine rings is 1. The fourth-order valence-electron chi connectivity index (χ4n) is 3.20. The number of rotatable bonds is 8. The lowest BCUT2D eigenvalue weighted by molar-refractivity contribution is 0.189. The molecule has 0 saturated carbocycles. The molecule has 1 saturated heterocycles. The molecule has 1 aliphatic rings. The molecule has 26 heavy (non-hydrogen) atoms. The Labute approximate surface area is 176 Å². The van der Waals surface area contributed by atoms with Crippen molar-refractivity contribution in [2.45, 2.75) is 39.2 Å². The van der Waals surface area contributed by atoms with E-state index in [1.54, 1.807) is 7.11 Å². The predicted octanol–water partition coefficient (Wildman–Crippen LogP) is 3.49. The quantitative estimate of drug-likeness (QED) is 0.262. The molecule has 1 aromatic rings. The Balaban J connectivity index is 0.00000338. The standard InChI is InChI=1S/C20H34N4O.HI/c1-17-10-14-24(15-11-17)13-7-6-12-22-20(21-2)23-16-18-8-4-5-9-19(18)25-3;/h4-5,8-9,17H,6-7,10-16H2,1-3H3,(H2,21,22,23);1H. The van der Waals surface area contributed by atoms with E-state index in [-0.39, 0.29) is 24.0 Å². The molecule has 0 unspecified atom stereocenters. The van der Waals surface area contributed by atoms with Crippen LogP contribution >= 0.6 is 24.0 Å². The third-order valence-electron chi connectivity index (χ3n) is 4.93. The fourth-order valence-corrected chi connectivity index (χ4v) is 3.20. The highest BCUT2D eigenvalue weighted by molar-refractivity contribution is 14.0. The number of ether oxygens (including phenoxy) is 1. The molecule has 5 nitrogen and oxygen atoms in total. The van der Waals surface area contributed by atoms with Gasteiger partial charge < -0.3 is 20.3 Å². The van der Waals surface area contributed by atoms with Gasteiger partial charge in [-0.15, -0.1) is 24.0 Å². The maximum Gasteiger partial charge on any atom is 0.191 e. The molecule has 0 aromatic heterocycles. The lowest BCUT2D eigenvalue weighted by atomic mass is 9.99. The largest absolute Gasteiger partial charge is 0.496 e. The summed E-state index contributed by atoms with van der Waals surface area (Å²) >= 11 is 0. The van der Waals surface area contributed by atoms with E-state index >= 15 is 0 Å². The van der Waals surface area contributed by atoms with Crippen molar-refractivity contribution >= 4 is 29.9 Å². The molecule has 0 spiro atoms. The lowest BCUT2D eigenvalue weighted by Crippen LogP contribution is -2.38. The van der Waals surface area contributed by atoms with Crippen molar-refractivity contribution in [1.29, 1.82) is 0 Å². The van der Waals surface area contributed by atoms with Crippen LogP contribution in [-0.4, -0.2) is 51.2 Å². The molecule has 0 amide bonds. The summed E-state index contributed by atoms with van der Waals surface area (Å²) in [5, 5.41) is 6.76. The van der Waals surface area contributed by atoms with Gasteiger partial charge in [-0.1, -0.05) is 25.1 Å². The normalized spacial score (nSPS) is 16.0. The molecular formula is C20H35IN4O. The Hall–Kier alpha value is -1.02. The Morgan fingerprint density at radius 2 is 1.92 bits per heavy atom. The van der Waals surface area contributed by atoms with E-state index in [1.807, 2.05) is 25.2 Å². The highest BCUT2D eigenvalue weighted by atomic mass is 127. The molecule has 0 radical (unpaired) electrons. The van der Waals surface area contributed by atoms with Crippen LogP contribution in [0.15, 0.2) is 29.3 Å². The number of methoxy groups -OCH3 is 1. The molecule has 1 fully saturated rings. The highest BCUT2D eigenvalue weighted by Crippen LogP contribution is 2.17.